The zero-order chi connectivity index (χ0) is 6.41. The highest BCUT2D eigenvalue weighted by Crippen LogP contribution is 1.75. The smallest absolute Gasteiger partial charge is 0.179 e. The van der Waals surface area contributed by atoms with Crippen LogP contribution in [0.25, 0.3) is 0 Å². The molecule has 0 aliphatic carbocycles. The van der Waals surface area contributed by atoms with E-state index in [2.05, 4.69) is 0 Å². The Hall–Kier alpha value is -1.05. The predicted octanol–water partition coefficient (Wildman–Crippen LogP) is 0.604. The summed E-state index contributed by atoms with van der Waals surface area (Å²) in [7, 11) is 0. The number of rotatable bonds is 2. The van der Waals surface area contributed by atoms with Crippen LogP contribution in [0.4, 0.5) is 0 Å². The summed E-state index contributed by atoms with van der Waals surface area (Å²) in [5.74, 6) is -0.0741. The van der Waals surface area contributed by atoms with Crippen LogP contribution in [0, 0.1) is 0 Å². The van der Waals surface area contributed by atoms with Crippen molar-refractivity contribution in [2.45, 2.75) is 6.92 Å². The van der Waals surface area contributed by atoms with Crippen molar-refractivity contribution in [3.63, 3.8) is 0 Å². The van der Waals surface area contributed by atoms with Crippen LogP contribution in [0.1, 0.15) is 6.92 Å². The minimum absolute atomic E-state index is 0.0741. The van der Waals surface area contributed by atoms with Gasteiger partial charge >= 0.3 is 0 Å². The third kappa shape index (κ3) is 3.15. The van der Waals surface area contributed by atoms with E-state index in [1.54, 1.807) is 13.0 Å². The van der Waals surface area contributed by atoms with E-state index in [-0.39, 0.29) is 5.78 Å². The molecule has 44 valence electrons. The maximum absolute atomic E-state index is 10.4. The van der Waals surface area contributed by atoms with Gasteiger partial charge in [-0.1, -0.05) is 6.08 Å². The second kappa shape index (κ2) is 4.12. The number of hydrogen-bond donors (Lipinski definition) is 1. The normalized spacial score (nSPS) is 11.1. The van der Waals surface area contributed by atoms with Gasteiger partial charge in [-0.2, -0.15) is 0 Å². The summed E-state index contributed by atoms with van der Waals surface area (Å²) in [4.78, 5) is 10.4. The van der Waals surface area contributed by atoms with Gasteiger partial charge in [0.15, 0.2) is 5.78 Å². The van der Waals surface area contributed by atoms with Crippen LogP contribution in [0.5, 0.6) is 0 Å². The highest BCUT2D eigenvalue weighted by molar-refractivity contribution is 5.98. The molecule has 0 atom stereocenters. The van der Waals surface area contributed by atoms with Gasteiger partial charge in [0, 0.05) is 6.08 Å². The van der Waals surface area contributed by atoms with Gasteiger partial charge in [0.05, 0.1) is 0 Å². The lowest BCUT2D eigenvalue weighted by molar-refractivity contribution is -0.110. The van der Waals surface area contributed by atoms with E-state index in [9.17, 15) is 4.79 Å². The van der Waals surface area contributed by atoms with E-state index in [1.165, 1.54) is 18.4 Å². The van der Waals surface area contributed by atoms with Crippen molar-refractivity contribution in [1.29, 1.82) is 0 Å². The van der Waals surface area contributed by atoms with E-state index in [0.717, 1.165) is 0 Å². The average Bonchev–Trinajstić information content (AvgIpc) is 1.68. The van der Waals surface area contributed by atoms with Crippen molar-refractivity contribution in [3.8, 4) is 0 Å². The third-order valence-electron chi connectivity index (χ3n) is 0.591. The van der Waals surface area contributed by atoms with E-state index < -0.39 is 0 Å². The number of nitrogens with two attached hydrogens (primary N) is 1. The second-order valence-electron chi connectivity index (χ2n) is 1.26. The predicted molar refractivity (Wildman–Crippen MR) is 33.1 cm³/mol. The minimum atomic E-state index is -0.0741. The molecule has 0 saturated carbocycles. The topological polar surface area (TPSA) is 43.1 Å². The zero-order valence-electron chi connectivity index (χ0n) is 4.79. The molecule has 0 aliphatic heterocycles. The summed E-state index contributed by atoms with van der Waals surface area (Å²) in [5, 5.41) is 0. The zero-order valence-corrected chi connectivity index (χ0v) is 4.79. The first-order valence-corrected chi connectivity index (χ1v) is 2.36. The molecular weight excluding hydrogens is 102 g/mol. The summed E-state index contributed by atoms with van der Waals surface area (Å²) in [6, 6.07) is 0. The lowest BCUT2D eigenvalue weighted by atomic mass is 10.3. The fraction of sp³-hybridized carbons (Fsp3) is 0.167. The molecule has 0 bridgehead atoms. The number of hydrogen-bond acceptors (Lipinski definition) is 2. The summed E-state index contributed by atoms with van der Waals surface area (Å²) in [6.45, 7) is 1.78. The van der Waals surface area contributed by atoms with Crippen LogP contribution in [0.3, 0.4) is 0 Å². The first-order chi connectivity index (χ1) is 3.81. The van der Waals surface area contributed by atoms with Gasteiger partial charge in [0.2, 0.25) is 0 Å². The van der Waals surface area contributed by atoms with Gasteiger partial charge in [-0.3, -0.25) is 4.79 Å². The van der Waals surface area contributed by atoms with Gasteiger partial charge in [0.25, 0.3) is 0 Å². The van der Waals surface area contributed by atoms with Gasteiger partial charge < -0.3 is 5.73 Å². The Morgan fingerprint density at radius 1 is 1.50 bits per heavy atom. The number of carbonyl (C=O) groups excluding carboxylic acids is 1. The van der Waals surface area contributed by atoms with E-state index in [1.807, 2.05) is 0 Å². The molecule has 0 amide bonds. The Labute approximate surface area is 48.7 Å². The van der Waals surface area contributed by atoms with Gasteiger partial charge in [0.1, 0.15) is 0 Å². The fourth-order valence-electron chi connectivity index (χ4n) is 0.315. The number of ketones is 1. The van der Waals surface area contributed by atoms with Crippen LogP contribution in [-0.4, -0.2) is 5.78 Å². The molecule has 0 unspecified atom stereocenters. The Morgan fingerprint density at radius 3 is 2.50 bits per heavy atom. The van der Waals surface area contributed by atoms with Crippen molar-refractivity contribution < 1.29 is 4.79 Å². The monoisotopic (exact) mass is 111 g/mol. The molecule has 0 aromatic heterocycles. The van der Waals surface area contributed by atoms with Crippen LogP contribution in [-0.2, 0) is 4.79 Å². The quantitative estimate of drug-likeness (QED) is 0.530. The summed E-state index contributed by atoms with van der Waals surface area (Å²) in [5.41, 5.74) is 4.92. The van der Waals surface area contributed by atoms with Crippen molar-refractivity contribution in [2.75, 3.05) is 0 Å². The molecule has 0 aromatic carbocycles. The lowest BCUT2D eigenvalue weighted by Gasteiger charge is -1.75. The largest absolute Gasteiger partial charge is 0.404 e. The molecule has 0 aliphatic rings. The number of carbonyl (C=O) groups is 1. The third-order valence-corrected chi connectivity index (χ3v) is 0.591. The van der Waals surface area contributed by atoms with Crippen LogP contribution >= 0.6 is 0 Å². The Balaban J connectivity index is 3.66. The fourth-order valence-corrected chi connectivity index (χ4v) is 0.315. The van der Waals surface area contributed by atoms with E-state index in [4.69, 9.17) is 5.73 Å². The minimum Gasteiger partial charge on any atom is -0.404 e. The highest BCUT2D eigenvalue weighted by atomic mass is 16.1. The van der Waals surface area contributed by atoms with Gasteiger partial charge in [-0.15, -0.1) is 0 Å². The first-order valence-electron chi connectivity index (χ1n) is 2.36. The average molecular weight is 111 g/mol. The van der Waals surface area contributed by atoms with Gasteiger partial charge in [-0.05, 0) is 19.2 Å². The van der Waals surface area contributed by atoms with E-state index >= 15 is 0 Å². The molecular formula is C6H9NO. The lowest BCUT2D eigenvalue weighted by Crippen LogP contribution is -1.86. The summed E-state index contributed by atoms with van der Waals surface area (Å²) < 4.78 is 0. The first kappa shape index (κ1) is 6.95. The van der Waals surface area contributed by atoms with Crippen molar-refractivity contribution in [3.05, 3.63) is 24.4 Å². The molecule has 0 heterocycles. The maximum Gasteiger partial charge on any atom is 0.179 e. The molecule has 2 N–H and O–H groups in total. The maximum atomic E-state index is 10.4. The Kier molecular flexibility index (Phi) is 3.58. The highest BCUT2D eigenvalue weighted by Gasteiger charge is 1.81. The molecule has 8 heavy (non-hydrogen) atoms. The van der Waals surface area contributed by atoms with Crippen LogP contribution in [0.15, 0.2) is 24.4 Å². The molecule has 0 fully saturated rings. The van der Waals surface area contributed by atoms with Crippen LogP contribution in [0.2, 0.25) is 0 Å². The molecule has 2 nitrogen and oxygen atoms in total. The van der Waals surface area contributed by atoms with Crippen molar-refractivity contribution in [2.24, 2.45) is 5.73 Å². The van der Waals surface area contributed by atoms with Crippen LogP contribution < -0.4 is 5.73 Å². The Morgan fingerprint density at radius 2 is 2.12 bits per heavy atom. The van der Waals surface area contributed by atoms with Gasteiger partial charge in [-0.25, -0.2) is 0 Å². The Bertz CT molecular complexity index is 110. The summed E-state index contributed by atoms with van der Waals surface area (Å²) in [6.07, 6.45) is 5.65. The van der Waals surface area contributed by atoms with Crippen molar-refractivity contribution >= 4 is 5.78 Å². The standard InChI is InChI=1S/C6H9NO/c1-2-3-6(8)4-5-7/h2-5H,7H2,1H3/b3-2-,5-4-. The second-order valence-corrected chi connectivity index (χ2v) is 1.26. The SMILES string of the molecule is C/C=C\C(=O)/C=C\N. The van der Waals surface area contributed by atoms with Crippen molar-refractivity contribution in [1.82, 2.24) is 0 Å². The number of allylic oxidation sites excluding steroid dienone is 3. The summed E-state index contributed by atoms with van der Waals surface area (Å²) >= 11 is 0. The molecule has 0 radical (unpaired) electrons. The van der Waals surface area contributed by atoms with E-state index in [0.29, 0.717) is 0 Å². The molecule has 0 saturated heterocycles. The molecule has 0 rings (SSSR count). The molecule has 2 heteroatoms. The molecule has 0 aromatic rings. The molecule has 0 spiro atoms.